The van der Waals surface area contributed by atoms with Gasteiger partial charge < -0.3 is 10.6 Å². The summed E-state index contributed by atoms with van der Waals surface area (Å²) in [5, 5.41) is 0. The lowest BCUT2D eigenvalue weighted by atomic mass is 9.97. The first-order chi connectivity index (χ1) is 8.50. The average molecular weight is 311 g/mol. The second kappa shape index (κ2) is 5.41. The molecule has 1 aliphatic heterocycles. The minimum absolute atomic E-state index is 0.119. The lowest BCUT2D eigenvalue weighted by Gasteiger charge is -2.36. The summed E-state index contributed by atoms with van der Waals surface area (Å²) >= 11 is 3.47. The van der Waals surface area contributed by atoms with Gasteiger partial charge in [-0.25, -0.2) is 0 Å². The van der Waals surface area contributed by atoms with E-state index in [1.165, 1.54) is 0 Å². The van der Waals surface area contributed by atoms with Crippen LogP contribution in [-0.2, 0) is 0 Å². The normalized spacial score (nSPS) is 24.1. The topological polar surface area (TPSA) is 46.3 Å². The van der Waals surface area contributed by atoms with Crippen LogP contribution in [0.5, 0.6) is 0 Å². The summed E-state index contributed by atoms with van der Waals surface area (Å²) in [6, 6.07) is 6.21. The van der Waals surface area contributed by atoms with Crippen molar-refractivity contribution in [2.45, 2.75) is 38.8 Å². The van der Waals surface area contributed by atoms with E-state index >= 15 is 0 Å². The van der Waals surface area contributed by atoms with Crippen LogP contribution in [0.4, 0.5) is 0 Å². The number of carbonyl (C=O) groups excluding carboxylic acids is 1. The van der Waals surface area contributed by atoms with E-state index in [-0.39, 0.29) is 18.0 Å². The molecule has 1 fully saturated rings. The lowest BCUT2D eigenvalue weighted by molar-refractivity contribution is 0.0618. The molecule has 1 aliphatic rings. The molecule has 98 valence electrons. The van der Waals surface area contributed by atoms with Crippen molar-refractivity contribution < 1.29 is 4.79 Å². The fourth-order valence-electron chi connectivity index (χ4n) is 2.50. The molecular formula is C14H19BrN2O. The van der Waals surface area contributed by atoms with Crippen molar-refractivity contribution >= 4 is 21.8 Å². The molecule has 0 spiro atoms. The monoisotopic (exact) mass is 310 g/mol. The van der Waals surface area contributed by atoms with Crippen LogP contribution in [0.15, 0.2) is 22.7 Å². The number of halogens is 1. The molecule has 0 saturated carbocycles. The number of nitrogens with two attached hydrogens (primary N) is 1. The lowest BCUT2D eigenvalue weighted by Crippen LogP contribution is -2.48. The highest BCUT2D eigenvalue weighted by Gasteiger charge is 2.28. The van der Waals surface area contributed by atoms with Crippen LogP contribution in [0.3, 0.4) is 0 Å². The molecule has 18 heavy (non-hydrogen) atoms. The molecular weight excluding hydrogens is 292 g/mol. The Balaban J connectivity index is 2.23. The zero-order valence-corrected chi connectivity index (χ0v) is 12.4. The van der Waals surface area contributed by atoms with Crippen molar-refractivity contribution in [3.8, 4) is 0 Å². The Morgan fingerprint density at radius 2 is 2.22 bits per heavy atom. The number of nitrogens with zero attached hydrogens (tertiary/aromatic N) is 1. The number of carbonyl (C=O) groups is 1. The van der Waals surface area contributed by atoms with Gasteiger partial charge in [-0.05, 0) is 44.4 Å². The average Bonchev–Trinajstić information content (AvgIpc) is 2.32. The summed E-state index contributed by atoms with van der Waals surface area (Å²) in [6.45, 7) is 4.80. The van der Waals surface area contributed by atoms with Crippen LogP contribution < -0.4 is 5.73 Å². The van der Waals surface area contributed by atoms with Gasteiger partial charge in [0.25, 0.3) is 5.91 Å². The Morgan fingerprint density at radius 1 is 1.50 bits per heavy atom. The van der Waals surface area contributed by atoms with E-state index in [0.29, 0.717) is 0 Å². The van der Waals surface area contributed by atoms with E-state index in [9.17, 15) is 4.79 Å². The first-order valence-corrected chi connectivity index (χ1v) is 7.11. The standard InChI is InChI=1S/C14H19BrN2O/c1-9-8-11(16)6-7-17(9)14(18)12-4-3-5-13(15)10(12)2/h3-5,9,11H,6-8,16H2,1-2H3/t9-,11+/m0/s1. The second-order valence-electron chi connectivity index (χ2n) is 5.04. The third-order valence-corrected chi connectivity index (χ3v) is 4.53. The summed E-state index contributed by atoms with van der Waals surface area (Å²) in [5.41, 5.74) is 7.72. The molecule has 2 atom stereocenters. The maximum absolute atomic E-state index is 12.6. The largest absolute Gasteiger partial charge is 0.336 e. The van der Waals surface area contributed by atoms with Gasteiger partial charge in [0.1, 0.15) is 0 Å². The van der Waals surface area contributed by atoms with Crippen molar-refractivity contribution in [2.75, 3.05) is 6.54 Å². The van der Waals surface area contributed by atoms with Crippen LogP contribution in [0.25, 0.3) is 0 Å². The van der Waals surface area contributed by atoms with Crippen molar-refractivity contribution in [3.63, 3.8) is 0 Å². The fourth-order valence-corrected chi connectivity index (χ4v) is 2.87. The number of hydrogen-bond acceptors (Lipinski definition) is 2. The van der Waals surface area contributed by atoms with E-state index < -0.39 is 0 Å². The Hall–Kier alpha value is -0.870. The van der Waals surface area contributed by atoms with Crippen LogP contribution in [0.2, 0.25) is 0 Å². The van der Waals surface area contributed by atoms with Crippen molar-refractivity contribution in [1.29, 1.82) is 0 Å². The quantitative estimate of drug-likeness (QED) is 0.867. The number of piperidine rings is 1. The number of benzene rings is 1. The van der Waals surface area contributed by atoms with Gasteiger partial charge in [0.15, 0.2) is 0 Å². The van der Waals surface area contributed by atoms with E-state index in [2.05, 4.69) is 22.9 Å². The van der Waals surface area contributed by atoms with Gasteiger partial charge in [-0.3, -0.25) is 4.79 Å². The maximum atomic E-state index is 12.6. The first-order valence-electron chi connectivity index (χ1n) is 6.32. The first kappa shape index (κ1) is 13.6. The fraction of sp³-hybridized carbons (Fsp3) is 0.500. The molecule has 0 aliphatic carbocycles. The van der Waals surface area contributed by atoms with Gasteiger partial charge in [-0.1, -0.05) is 22.0 Å². The highest BCUT2D eigenvalue weighted by atomic mass is 79.9. The van der Waals surface area contributed by atoms with Crippen molar-refractivity contribution in [2.24, 2.45) is 5.73 Å². The van der Waals surface area contributed by atoms with Crippen LogP contribution >= 0.6 is 15.9 Å². The highest BCUT2D eigenvalue weighted by Crippen LogP contribution is 2.24. The van der Waals surface area contributed by atoms with Gasteiger partial charge >= 0.3 is 0 Å². The molecule has 3 nitrogen and oxygen atoms in total. The van der Waals surface area contributed by atoms with Gasteiger partial charge in [0.2, 0.25) is 0 Å². The summed E-state index contributed by atoms with van der Waals surface area (Å²) < 4.78 is 0.981. The molecule has 0 aromatic heterocycles. The number of rotatable bonds is 1. The van der Waals surface area contributed by atoms with E-state index in [0.717, 1.165) is 35.0 Å². The summed E-state index contributed by atoms with van der Waals surface area (Å²) in [5.74, 6) is 0.119. The molecule has 2 N–H and O–H groups in total. The third kappa shape index (κ3) is 2.59. The van der Waals surface area contributed by atoms with Gasteiger partial charge in [-0.15, -0.1) is 0 Å². The zero-order chi connectivity index (χ0) is 13.3. The maximum Gasteiger partial charge on any atom is 0.254 e. The van der Waals surface area contributed by atoms with Crippen molar-refractivity contribution in [1.82, 2.24) is 4.90 Å². The molecule has 1 aromatic carbocycles. The van der Waals surface area contributed by atoms with E-state index in [1.807, 2.05) is 30.0 Å². The SMILES string of the molecule is Cc1c(Br)cccc1C(=O)N1CC[C@@H](N)C[C@@H]1C. The zero-order valence-electron chi connectivity index (χ0n) is 10.8. The molecule has 1 saturated heterocycles. The predicted octanol–water partition coefficient (Wildman–Crippen LogP) is 2.71. The van der Waals surface area contributed by atoms with Gasteiger partial charge in [0, 0.05) is 28.7 Å². The number of hydrogen-bond donors (Lipinski definition) is 1. The van der Waals surface area contributed by atoms with E-state index in [1.54, 1.807) is 0 Å². The smallest absolute Gasteiger partial charge is 0.254 e. The molecule has 1 aromatic rings. The summed E-state index contributed by atoms with van der Waals surface area (Å²) in [6.07, 6.45) is 1.78. The van der Waals surface area contributed by atoms with Crippen LogP contribution in [0.1, 0.15) is 35.7 Å². The Bertz CT molecular complexity index is 461. The Morgan fingerprint density at radius 3 is 2.89 bits per heavy atom. The minimum atomic E-state index is 0.119. The molecule has 0 unspecified atom stereocenters. The molecule has 0 radical (unpaired) electrons. The third-order valence-electron chi connectivity index (χ3n) is 3.68. The summed E-state index contributed by atoms with van der Waals surface area (Å²) in [4.78, 5) is 14.5. The second-order valence-corrected chi connectivity index (χ2v) is 5.90. The van der Waals surface area contributed by atoms with Gasteiger partial charge in [-0.2, -0.15) is 0 Å². The van der Waals surface area contributed by atoms with E-state index in [4.69, 9.17) is 5.73 Å². The molecule has 1 amide bonds. The molecule has 1 heterocycles. The predicted molar refractivity (Wildman–Crippen MR) is 76.6 cm³/mol. The van der Waals surface area contributed by atoms with Crippen LogP contribution in [0, 0.1) is 6.92 Å². The number of likely N-dealkylation sites (tertiary alicyclic amines) is 1. The Labute approximate surface area is 116 Å². The Kier molecular flexibility index (Phi) is 4.07. The summed E-state index contributed by atoms with van der Waals surface area (Å²) in [7, 11) is 0. The molecule has 2 rings (SSSR count). The van der Waals surface area contributed by atoms with Crippen LogP contribution in [-0.4, -0.2) is 29.4 Å². The van der Waals surface area contributed by atoms with Crippen molar-refractivity contribution in [3.05, 3.63) is 33.8 Å². The number of amides is 1. The molecule has 0 bridgehead atoms. The minimum Gasteiger partial charge on any atom is -0.336 e. The van der Waals surface area contributed by atoms with Gasteiger partial charge in [0.05, 0.1) is 0 Å². The molecule has 4 heteroatoms. The highest BCUT2D eigenvalue weighted by molar-refractivity contribution is 9.10.